The highest BCUT2D eigenvalue weighted by atomic mass is 127. The van der Waals surface area contributed by atoms with Gasteiger partial charge in [-0.2, -0.15) is 11.8 Å². The van der Waals surface area contributed by atoms with Crippen molar-refractivity contribution in [2.75, 3.05) is 25.1 Å². The molecule has 0 bridgehead atoms. The van der Waals surface area contributed by atoms with E-state index in [9.17, 15) is 0 Å². The van der Waals surface area contributed by atoms with Gasteiger partial charge in [-0.05, 0) is 37.0 Å². The van der Waals surface area contributed by atoms with E-state index in [0.717, 1.165) is 12.5 Å². The van der Waals surface area contributed by atoms with Crippen molar-refractivity contribution < 1.29 is 0 Å². The fourth-order valence-corrected chi connectivity index (χ4v) is 3.58. The van der Waals surface area contributed by atoms with Crippen molar-refractivity contribution >= 4 is 41.7 Å². The van der Waals surface area contributed by atoms with E-state index in [1.54, 1.807) is 0 Å². The molecule has 0 aromatic heterocycles. The van der Waals surface area contributed by atoms with Crippen molar-refractivity contribution in [2.24, 2.45) is 4.99 Å². The SMILES string of the molecule is CN=C(NCC(C)c1ccc(C)cc1)NC1CCCSC1.I. The van der Waals surface area contributed by atoms with Crippen molar-refractivity contribution in [3.63, 3.8) is 0 Å². The van der Waals surface area contributed by atoms with Crippen LogP contribution in [0.4, 0.5) is 0 Å². The van der Waals surface area contributed by atoms with Gasteiger partial charge in [0.05, 0.1) is 0 Å². The summed E-state index contributed by atoms with van der Waals surface area (Å²) in [6.45, 7) is 5.28. The third-order valence-electron chi connectivity index (χ3n) is 3.95. The fourth-order valence-electron chi connectivity index (χ4n) is 2.51. The number of hydrogen-bond donors (Lipinski definition) is 2. The van der Waals surface area contributed by atoms with Crippen LogP contribution in [-0.4, -0.2) is 37.1 Å². The lowest BCUT2D eigenvalue weighted by atomic mass is 10.0. The van der Waals surface area contributed by atoms with E-state index in [1.807, 2.05) is 18.8 Å². The molecule has 1 fully saturated rings. The first-order valence-corrected chi connectivity index (χ1v) is 8.96. The van der Waals surface area contributed by atoms with E-state index in [0.29, 0.717) is 12.0 Å². The number of aryl methyl sites for hydroxylation is 1. The van der Waals surface area contributed by atoms with E-state index in [1.165, 1.54) is 35.5 Å². The van der Waals surface area contributed by atoms with Crippen LogP contribution in [0.1, 0.15) is 36.8 Å². The van der Waals surface area contributed by atoms with Crippen LogP contribution in [0, 0.1) is 6.92 Å². The summed E-state index contributed by atoms with van der Waals surface area (Å²) in [4.78, 5) is 4.35. The van der Waals surface area contributed by atoms with Crippen molar-refractivity contribution in [3.05, 3.63) is 35.4 Å². The molecular formula is C17H28IN3S. The molecule has 2 unspecified atom stereocenters. The number of aliphatic imine (C=N–C) groups is 1. The first-order valence-electron chi connectivity index (χ1n) is 7.80. The molecule has 0 amide bonds. The van der Waals surface area contributed by atoms with E-state index in [2.05, 4.69) is 53.7 Å². The van der Waals surface area contributed by atoms with Crippen molar-refractivity contribution in [1.29, 1.82) is 0 Å². The van der Waals surface area contributed by atoms with Gasteiger partial charge in [0.15, 0.2) is 5.96 Å². The average Bonchev–Trinajstić information content (AvgIpc) is 2.52. The third-order valence-corrected chi connectivity index (χ3v) is 5.16. The van der Waals surface area contributed by atoms with Gasteiger partial charge in [-0.1, -0.05) is 36.8 Å². The lowest BCUT2D eigenvalue weighted by Crippen LogP contribution is -2.46. The van der Waals surface area contributed by atoms with Gasteiger partial charge in [0.25, 0.3) is 0 Å². The number of halogens is 1. The Morgan fingerprint density at radius 1 is 1.36 bits per heavy atom. The maximum atomic E-state index is 4.35. The second-order valence-electron chi connectivity index (χ2n) is 5.82. The number of benzene rings is 1. The largest absolute Gasteiger partial charge is 0.356 e. The number of rotatable bonds is 4. The molecule has 1 aromatic rings. The van der Waals surface area contributed by atoms with Gasteiger partial charge in [-0.3, -0.25) is 4.99 Å². The molecule has 1 heterocycles. The molecule has 0 saturated carbocycles. The van der Waals surface area contributed by atoms with Gasteiger partial charge < -0.3 is 10.6 Å². The van der Waals surface area contributed by atoms with Gasteiger partial charge in [0.2, 0.25) is 0 Å². The zero-order valence-corrected chi connectivity index (χ0v) is 16.9. The molecule has 2 atom stereocenters. The summed E-state index contributed by atoms with van der Waals surface area (Å²) in [6, 6.07) is 9.35. The Morgan fingerprint density at radius 2 is 2.09 bits per heavy atom. The smallest absolute Gasteiger partial charge is 0.191 e. The predicted molar refractivity (Wildman–Crippen MR) is 110 cm³/mol. The Labute approximate surface area is 156 Å². The van der Waals surface area contributed by atoms with E-state index >= 15 is 0 Å². The lowest BCUT2D eigenvalue weighted by Gasteiger charge is -2.25. The predicted octanol–water partition coefficient (Wildman–Crippen LogP) is 3.78. The lowest BCUT2D eigenvalue weighted by molar-refractivity contribution is 0.577. The highest BCUT2D eigenvalue weighted by Gasteiger charge is 2.15. The number of nitrogens with zero attached hydrogens (tertiary/aromatic N) is 1. The molecule has 1 aromatic carbocycles. The Bertz CT molecular complexity index is 455. The van der Waals surface area contributed by atoms with Crippen LogP contribution in [0.2, 0.25) is 0 Å². The van der Waals surface area contributed by atoms with E-state index < -0.39 is 0 Å². The summed E-state index contributed by atoms with van der Waals surface area (Å²) in [7, 11) is 1.85. The van der Waals surface area contributed by atoms with Gasteiger partial charge >= 0.3 is 0 Å². The summed E-state index contributed by atoms with van der Waals surface area (Å²) < 4.78 is 0. The van der Waals surface area contributed by atoms with Crippen LogP contribution in [0.15, 0.2) is 29.3 Å². The zero-order chi connectivity index (χ0) is 15.1. The molecule has 1 saturated heterocycles. The molecule has 0 spiro atoms. The zero-order valence-electron chi connectivity index (χ0n) is 13.8. The Hall–Kier alpha value is -0.430. The van der Waals surface area contributed by atoms with Crippen LogP contribution >= 0.6 is 35.7 Å². The topological polar surface area (TPSA) is 36.4 Å². The Morgan fingerprint density at radius 3 is 2.68 bits per heavy atom. The van der Waals surface area contributed by atoms with Crippen molar-refractivity contribution in [1.82, 2.24) is 10.6 Å². The van der Waals surface area contributed by atoms with Crippen molar-refractivity contribution in [3.8, 4) is 0 Å². The minimum Gasteiger partial charge on any atom is -0.356 e. The molecule has 2 rings (SSSR count). The number of guanidine groups is 1. The summed E-state index contributed by atoms with van der Waals surface area (Å²) in [5.74, 6) is 3.90. The summed E-state index contributed by atoms with van der Waals surface area (Å²) in [5.41, 5.74) is 2.68. The van der Waals surface area contributed by atoms with E-state index in [4.69, 9.17) is 0 Å². The number of thioether (sulfide) groups is 1. The third kappa shape index (κ3) is 6.36. The van der Waals surface area contributed by atoms with Crippen LogP contribution in [0.5, 0.6) is 0 Å². The molecule has 0 aliphatic carbocycles. The molecule has 0 radical (unpaired) electrons. The van der Waals surface area contributed by atoms with Gasteiger partial charge in [0, 0.05) is 25.4 Å². The maximum Gasteiger partial charge on any atom is 0.191 e. The second kappa shape index (κ2) is 10.4. The monoisotopic (exact) mass is 433 g/mol. The summed E-state index contributed by atoms with van der Waals surface area (Å²) >= 11 is 2.03. The minimum absolute atomic E-state index is 0. The number of nitrogens with one attached hydrogen (secondary N) is 2. The van der Waals surface area contributed by atoms with Gasteiger partial charge in [-0.25, -0.2) is 0 Å². The van der Waals surface area contributed by atoms with Gasteiger partial charge in [0.1, 0.15) is 0 Å². The highest BCUT2D eigenvalue weighted by Crippen LogP contribution is 2.17. The molecular weight excluding hydrogens is 405 g/mol. The van der Waals surface area contributed by atoms with E-state index in [-0.39, 0.29) is 24.0 Å². The van der Waals surface area contributed by atoms with Crippen LogP contribution in [0.25, 0.3) is 0 Å². The molecule has 3 nitrogen and oxygen atoms in total. The molecule has 2 N–H and O–H groups in total. The summed E-state index contributed by atoms with van der Waals surface area (Å²) in [6.07, 6.45) is 2.56. The molecule has 1 aliphatic rings. The first kappa shape index (κ1) is 19.6. The Balaban J connectivity index is 0.00000242. The fraction of sp³-hybridized carbons (Fsp3) is 0.588. The van der Waals surface area contributed by atoms with Crippen LogP contribution < -0.4 is 10.6 Å². The molecule has 1 aliphatic heterocycles. The highest BCUT2D eigenvalue weighted by molar-refractivity contribution is 14.0. The van der Waals surface area contributed by atoms with Crippen molar-refractivity contribution in [2.45, 2.75) is 38.6 Å². The quantitative estimate of drug-likeness (QED) is 0.431. The average molecular weight is 433 g/mol. The first-order chi connectivity index (χ1) is 10.2. The van der Waals surface area contributed by atoms with Gasteiger partial charge in [-0.15, -0.1) is 24.0 Å². The molecule has 124 valence electrons. The molecule has 22 heavy (non-hydrogen) atoms. The standard InChI is InChI=1S/C17H27N3S.HI/c1-13-6-8-15(9-7-13)14(2)11-19-17(18-3)20-16-5-4-10-21-12-16;/h6-9,14,16H,4-5,10-12H2,1-3H3,(H2,18,19,20);1H. The van der Waals surface area contributed by atoms with Crippen LogP contribution in [0.3, 0.4) is 0 Å². The normalized spacial score (nSPS) is 20.0. The Kier molecular flexibility index (Phi) is 9.24. The minimum atomic E-state index is 0. The maximum absolute atomic E-state index is 4.35. The molecule has 5 heteroatoms. The number of hydrogen-bond acceptors (Lipinski definition) is 2. The summed E-state index contributed by atoms with van der Waals surface area (Å²) in [5, 5.41) is 7.00. The second-order valence-corrected chi connectivity index (χ2v) is 6.97. The van der Waals surface area contributed by atoms with Crippen LogP contribution in [-0.2, 0) is 0 Å².